The smallest absolute Gasteiger partial charge is 0.411 e. The van der Waals surface area contributed by atoms with E-state index in [4.69, 9.17) is 4.74 Å². The molecule has 4 nitrogen and oxygen atoms in total. The molecule has 1 unspecified atom stereocenters. The van der Waals surface area contributed by atoms with Crippen LogP contribution in [0.15, 0.2) is 30.3 Å². The first-order valence-electron chi connectivity index (χ1n) is 7.57. The van der Waals surface area contributed by atoms with E-state index in [1.165, 1.54) is 0 Å². The topological polar surface area (TPSA) is 46.6 Å². The highest BCUT2D eigenvalue weighted by molar-refractivity contribution is 5.80. The molecule has 1 atom stereocenters. The van der Waals surface area contributed by atoms with E-state index in [9.17, 15) is 9.59 Å². The average Bonchev–Trinajstić information content (AvgIpc) is 2.70. The predicted octanol–water partition coefficient (Wildman–Crippen LogP) is 3.47. The molecule has 1 aliphatic carbocycles. The predicted molar refractivity (Wildman–Crippen MR) is 78.8 cm³/mol. The maximum Gasteiger partial charge on any atom is 0.411 e. The van der Waals surface area contributed by atoms with Crippen molar-refractivity contribution in [3.05, 3.63) is 35.9 Å². The largest absolute Gasteiger partial charge is 0.441 e. The minimum atomic E-state index is -0.556. The van der Waals surface area contributed by atoms with E-state index in [1.807, 2.05) is 49.1 Å². The van der Waals surface area contributed by atoms with Crippen molar-refractivity contribution in [2.75, 3.05) is 0 Å². The van der Waals surface area contributed by atoms with E-state index in [2.05, 4.69) is 0 Å². The van der Waals surface area contributed by atoms with E-state index in [1.54, 1.807) is 0 Å². The third-order valence-corrected chi connectivity index (χ3v) is 4.52. The van der Waals surface area contributed by atoms with E-state index >= 15 is 0 Å². The first-order chi connectivity index (χ1) is 9.99. The van der Waals surface area contributed by atoms with Crippen LogP contribution in [0.5, 0.6) is 0 Å². The lowest BCUT2D eigenvalue weighted by atomic mass is 9.87. The first kappa shape index (κ1) is 14.1. The normalized spacial score (nSPS) is 26.0. The summed E-state index contributed by atoms with van der Waals surface area (Å²) in [6, 6.07) is 10.0. The van der Waals surface area contributed by atoms with Gasteiger partial charge in [0.25, 0.3) is 0 Å². The van der Waals surface area contributed by atoms with Crippen LogP contribution in [0.4, 0.5) is 4.79 Å². The quantitative estimate of drug-likeness (QED) is 0.836. The van der Waals surface area contributed by atoms with Crippen molar-refractivity contribution in [2.24, 2.45) is 0 Å². The molecule has 4 heteroatoms. The Balaban J connectivity index is 1.93. The van der Waals surface area contributed by atoms with Gasteiger partial charge in [-0.05, 0) is 32.3 Å². The monoisotopic (exact) mass is 287 g/mol. The number of ether oxygens (including phenoxy) is 1. The van der Waals surface area contributed by atoms with Crippen molar-refractivity contribution in [3.63, 3.8) is 0 Å². The van der Waals surface area contributed by atoms with Crippen LogP contribution in [0.25, 0.3) is 0 Å². The molecule has 2 aliphatic rings. The molecule has 0 bridgehead atoms. The van der Waals surface area contributed by atoms with Crippen molar-refractivity contribution >= 4 is 11.9 Å². The van der Waals surface area contributed by atoms with Crippen LogP contribution in [0.1, 0.15) is 51.1 Å². The second-order valence-electron chi connectivity index (χ2n) is 6.46. The molecule has 2 fully saturated rings. The number of hydrogen-bond donors (Lipinski definition) is 0. The van der Waals surface area contributed by atoms with E-state index in [-0.39, 0.29) is 18.2 Å². The molecule has 1 aromatic rings. The van der Waals surface area contributed by atoms with Crippen LogP contribution in [0.2, 0.25) is 0 Å². The maximum atomic E-state index is 12.4. The van der Waals surface area contributed by atoms with Gasteiger partial charge in [0.2, 0.25) is 0 Å². The Bertz CT molecular complexity index is 542. The van der Waals surface area contributed by atoms with Crippen LogP contribution in [-0.4, -0.2) is 28.4 Å². The number of nitrogens with zero attached hydrogens (tertiary/aromatic N) is 1. The molecule has 1 aliphatic heterocycles. The lowest BCUT2D eigenvalue weighted by Gasteiger charge is -2.36. The third-order valence-electron chi connectivity index (χ3n) is 4.52. The van der Waals surface area contributed by atoms with Crippen LogP contribution < -0.4 is 0 Å². The van der Waals surface area contributed by atoms with Gasteiger partial charge in [-0.3, -0.25) is 9.69 Å². The zero-order valence-corrected chi connectivity index (χ0v) is 12.5. The summed E-state index contributed by atoms with van der Waals surface area (Å²) in [6.07, 6.45) is 2.36. The highest BCUT2D eigenvalue weighted by Gasteiger charge is 2.51. The molecule has 0 N–H and O–H groups in total. The number of benzene rings is 1. The Hall–Kier alpha value is -1.84. The number of carbonyl (C=O) groups excluding carboxylic acids is 2. The van der Waals surface area contributed by atoms with Gasteiger partial charge in [0.15, 0.2) is 0 Å². The minimum Gasteiger partial charge on any atom is -0.441 e. The van der Waals surface area contributed by atoms with Gasteiger partial charge in [0, 0.05) is 18.9 Å². The average molecular weight is 287 g/mol. The number of amides is 1. The van der Waals surface area contributed by atoms with E-state index < -0.39 is 5.60 Å². The molecule has 1 heterocycles. The SMILES string of the molecule is CC1(C)OC(=O)N(C2CCC(=O)CC2)C1c1ccccc1. The summed E-state index contributed by atoms with van der Waals surface area (Å²) >= 11 is 0. The highest BCUT2D eigenvalue weighted by atomic mass is 16.6. The Morgan fingerprint density at radius 2 is 1.71 bits per heavy atom. The van der Waals surface area contributed by atoms with Crippen molar-refractivity contribution < 1.29 is 14.3 Å². The summed E-state index contributed by atoms with van der Waals surface area (Å²) in [4.78, 5) is 25.7. The number of rotatable bonds is 2. The van der Waals surface area contributed by atoms with Gasteiger partial charge in [-0.1, -0.05) is 30.3 Å². The lowest BCUT2D eigenvalue weighted by Crippen LogP contribution is -2.42. The van der Waals surface area contributed by atoms with Crippen LogP contribution in [-0.2, 0) is 9.53 Å². The van der Waals surface area contributed by atoms with Crippen molar-refractivity contribution in [1.29, 1.82) is 0 Å². The summed E-state index contributed by atoms with van der Waals surface area (Å²) in [5.74, 6) is 0.300. The summed E-state index contributed by atoms with van der Waals surface area (Å²) in [7, 11) is 0. The molecular formula is C17H21NO3. The van der Waals surface area contributed by atoms with Gasteiger partial charge in [-0.25, -0.2) is 4.79 Å². The molecule has 1 saturated carbocycles. The summed E-state index contributed by atoms with van der Waals surface area (Å²) < 4.78 is 5.61. The van der Waals surface area contributed by atoms with Gasteiger partial charge < -0.3 is 4.74 Å². The third kappa shape index (κ3) is 2.55. The molecule has 0 aromatic heterocycles. The zero-order chi connectivity index (χ0) is 15.0. The van der Waals surface area contributed by atoms with E-state index in [0.29, 0.717) is 18.6 Å². The Morgan fingerprint density at radius 3 is 2.33 bits per heavy atom. The molecule has 1 amide bonds. The van der Waals surface area contributed by atoms with Crippen molar-refractivity contribution in [2.45, 2.75) is 57.2 Å². The molecule has 1 saturated heterocycles. The molecule has 1 aromatic carbocycles. The molecule has 112 valence electrons. The minimum absolute atomic E-state index is 0.0931. The van der Waals surface area contributed by atoms with Crippen molar-refractivity contribution in [3.8, 4) is 0 Å². The molecule has 0 radical (unpaired) electrons. The second-order valence-corrected chi connectivity index (χ2v) is 6.46. The Labute approximate surface area is 125 Å². The van der Waals surface area contributed by atoms with Crippen LogP contribution in [0.3, 0.4) is 0 Å². The van der Waals surface area contributed by atoms with Gasteiger partial charge in [-0.15, -0.1) is 0 Å². The Kier molecular flexibility index (Phi) is 3.47. The van der Waals surface area contributed by atoms with E-state index in [0.717, 1.165) is 18.4 Å². The summed E-state index contributed by atoms with van der Waals surface area (Å²) in [5.41, 5.74) is 0.533. The number of cyclic esters (lactones) is 1. The summed E-state index contributed by atoms with van der Waals surface area (Å²) in [6.45, 7) is 3.91. The fourth-order valence-corrected chi connectivity index (χ4v) is 3.53. The maximum absolute atomic E-state index is 12.4. The number of Topliss-reactive ketones (excluding diaryl/α,β-unsaturated/α-hetero) is 1. The van der Waals surface area contributed by atoms with Gasteiger partial charge >= 0.3 is 6.09 Å². The molecule has 21 heavy (non-hydrogen) atoms. The second kappa shape index (κ2) is 5.17. The first-order valence-corrected chi connectivity index (χ1v) is 7.57. The highest BCUT2D eigenvalue weighted by Crippen LogP contribution is 2.44. The van der Waals surface area contributed by atoms with Gasteiger partial charge in [-0.2, -0.15) is 0 Å². The Morgan fingerprint density at radius 1 is 1.10 bits per heavy atom. The lowest BCUT2D eigenvalue weighted by molar-refractivity contribution is -0.121. The zero-order valence-electron chi connectivity index (χ0n) is 12.5. The number of ketones is 1. The van der Waals surface area contributed by atoms with Crippen LogP contribution in [0, 0.1) is 0 Å². The summed E-state index contributed by atoms with van der Waals surface area (Å²) in [5, 5.41) is 0. The number of carbonyl (C=O) groups is 2. The standard InChI is InChI=1S/C17H21NO3/c1-17(2)15(12-6-4-3-5-7-12)18(16(20)21-17)13-8-10-14(19)11-9-13/h3-7,13,15H,8-11H2,1-2H3. The van der Waals surface area contributed by atoms with Crippen molar-refractivity contribution in [1.82, 2.24) is 4.90 Å². The molecule has 0 spiro atoms. The fourth-order valence-electron chi connectivity index (χ4n) is 3.53. The molecular weight excluding hydrogens is 266 g/mol. The van der Waals surface area contributed by atoms with Gasteiger partial charge in [0.05, 0.1) is 6.04 Å². The molecule has 3 rings (SSSR count). The number of hydrogen-bond acceptors (Lipinski definition) is 3. The van der Waals surface area contributed by atoms with Gasteiger partial charge in [0.1, 0.15) is 11.4 Å². The fraction of sp³-hybridized carbons (Fsp3) is 0.529. The van der Waals surface area contributed by atoms with Crippen LogP contribution >= 0.6 is 0 Å².